The molecule has 1 aromatic carbocycles. The highest BCUT2D eigenvalue weighted by Crippen LogP contribution is 2.12. The van der Waals surface area contributed by atoms with E-state index in [-0.39, 0.29) is 5.82 Å². The Morgan fingerprint density at radius 1 is 1.35 bits per heavy atom. The molecule has 0 aliphatic carbocycles. The van der Waals surface area contributed by atoms with E-state index in [0.717, 1.165) is 19.3 Å². The smallest absolute Gasteiger partial charge is 0.140 e. The predicted molar refractivity (Wildman–Crippen MR) is 62.0 cm³/mol. The van der Waals surface area contributed by atoms with Gasteiger partial charge in [-0.3, -0.25) is 0 Å². The molecule has 3 nitrogen and oxygen atoms in total. The molecule has 0 spiro atoms. The van der Waals surface area contributed by atoms with E-state index in [0.29, 0.717) is 18.8 Å². The van der Waals surface area contributed by atoms with Gasteiger partial charge in [0.2, 0.25) is 0 Å². The molecule has 1 N–H and O–H groups in total. The summed E-state index contributed by atoms with van der Waals surface area (Å²) in [6, 6.07) is 7.80. The molecule has 0 bridgehead atoms. The van der Waals surface area contributed by atoms with Crippen LogP contribution < -0.4 is 4.74 Å². The van der Waals surface area contributed by atoms with E-state index >= 15 is 0 Å². The van der Waals surface area contributed by atoms with Crippen molar-refractivity contribution in [1.29, 1.82) is 5.26 Å². The fourth-order valence-corrected chi connectivity index (χ4v) is 1.43. The average Bonchev–Trinajstić information content (AvgIpc) is 2.33. The van der Waals surface area contributed by atoms with Crippen LogP contribution in [0, 0.1) is 17.1 Å². The van der Waals surface area contributed by atoms with Gasteiger partial charge in [-0.1, -0.05) is 6.07 Å². The van der Waals surface area contributed by atoms with Gasteiger partial charge in [0.1, 0.15) is 17.7 Å². The molecular weight excluding hydrogens is 221 g/mol. The van der Waals surface area contributed by atoms with Crippen LogP contribution in [0.5, 0.6) is 5.75 Å². The number of halogens is 1. The van der Waals surface area contributed by atoms with E-state index in [9.17, 15) is 4.39 Å². The second-order valence-electron chi connectivity index (χ2n) is 3.80. The largest absolute Gasteiger partial charge is 0.493 e. The highest BCUT2D eigenvalue weighted by molar-refractivity contribution is 5.22. The van der Waals surface area contributed by atoms with Crippen molar-refractivity contribution >= 4 is 0 Å². The standard InChI is InChI=1S/C13H16FNO2/c14-11-5-4-7-13(9-11)17-8-3-1-2-6-12(16)10-15/h4-5,7,9,12,16H,1-3,6,8H2. The molecule has 0 saturated carbocycles. The van der Waals surface area contributed by atoms with Crippen LogP contribution in [0.3, 0.4) is 0 Å². The first kappa shape index (κ1) is 13.5. The summed E-state index contributed by atoms with van der Waals surface area (Å²) >= 11 is 0. The Bertz CT molecular complexity index is 376. The van der Waals surface area contributed by atoms with Gasteiger partial charge >= 0.3 is 0 Å². The molecule has 0 amide bonds. The monoisotopic (exact) mass is 237 g/mol. The summed E-state index contributed by atoms with van der Waals surface area (Å²) in [4.78, 5) is 0. The maximum absolute atomic E-state index is 12.8. The fraction of sp³-hybridized carbons (Fsp3) is 0.462. The molecule has 0 aliphatic rings. The maximum atomic E-state index is 12.8. The topological polar surface area (TPSA) is 53.2 Å². The lowest BCUT2D eigenvalue weighted by Gasteiger charge is -2.06. The number of nitrogens with zero attached hydrogens (tertiary/aromatic N) is 1. The summed E-state index contributed by atoms with van der Waals surface area (Å²) in [6.07, 6.45) is 2.14. The van der Waals surface area contributed by atoms with Crippen LogP contribution in [0.1, 0.15) is 25.7 Å². The Morgan fingerprint density at radius 2 is 2.18 bits per heavy atom. The van der Waals surface area contributed by atoms with Crippen molar-refractivity contribution in [2.24, 2.45) is 0 Å². The minimum Gasteiger partial charge on any atom is -0.493 e. The van der Waals surface area contributed by atoms with Crippen molar-refractivity contribution in [3.05, 3.63) is 30.1 Å². The van der Waals surface area contributed by atoms with E-state index in [4.69, 9.17) is 15.1 Å². The molecule has 0 fully saturated rings. The Kier molecular flexibility index (Phi) is 6.05. The van der Waals surface area contributed by atoms with Gasteiger partial charge in [-0.25, -0.2) is 4.39 Å². The van der Waals surface area contributed by atoms with Crippen molar-refractivity contribution < 1.29 is 14.2 Å². The zero-order chi connectivity index (χ0) is 12.5. The highest BCUT2D eigenvalue weighted by atomic mass is 19.1. The third-order valence-electron chi connectivity index (χ3n) is 2.34. The molecule has 0 radical (unpaired) electrons. The van der Waals surface area contributed by atoms with E-state index in [1.54, 1.807) is 18.2 Å². The normalized spacial score (nSPS) is 11.8. The molecule has 0 aromatic heterocycles. The quantitative estimate of drug-likeness (QED) is 0.586. The summed E-state index contributed by atoms with van der Waals surface area (Å²) in [5.74, 6) is 0.224. The molecule has 4 heteroatoms. The fourth-order valence-electron chi connectivity index (χ4n) is 1.43. The molecule has 92 valence electrons. The SMILES string of the molecule is N#CC(O)CCCCCOc1cccc(F)c1. The lowest BCUT2D eigenvalue weighted by molar-refractivity contribution is 0.212. The van der Waals surface area contributed by atoms with Gasteiger partial charge in [0.15, 0.2) is 0 Å². The zero-order valence-corrected chi connectivity index (χ0v) is 9.60. The van der Waals surface area contributed by atoms with Crippen LogP contribution in [0.2, 0.25) is 0 Å². The first-order valence-electron chi connectivity index (χ1n) is 5.68. The molecule has 0 aliphatic heterocycles. The first-order chi connectivity index (χ1) is 8.22. The Balaban J connectivity index is 2.07. The van der Waals surface area contributed by atoms with Gasteiger partial charge in [-0.15, -0.1) is 0 Å². The third kappa shape index (κ3) is 5.88. The van der Waals surface area contributed by atoms with E-state index in [1.165, 1.54) is 12.1 Å². The summed E-state index contributed by atoms with van der Waals surface area (Å²) in [5.41, 5.74) is 0. The summed E-state index contributed by atoms with van der Waals surface area (Å²) in [5, 5.41) is 17.3. The van der Waals surface area contributed by atoms with Crippen LogP contribution in [-0.2, 0) is 0 Å². The molecule has 17 heavy (non-hydrogen) atoms. The average molecular weight is 237 g/mol. The van der Waals surface area contributed by atoms with Crippen molar-refractivity contribution in [2.75, 3.05) is 6.61 Å². The maximum Gasteiger partial charge on any atom is 0.140 e. The van der Waals surface area contributed by atoms with Gasteiger partial charge in [0, 0.05) is 6.07 Å². The molecule has 0 saturated heterocycles. The number of aliphatic hydroxyl groups excluding tert-OH is 1. The molecule has 0 heterocycles. The Morgan fingerprint density at radius 3 is 2.88 bits per heavy atom. The lowest BCUT2D eigenvalue weighted by Crippen LogP contribution is -2.02. The zero-order valence-electron chi connectivity index (χ0n) is 9.60. The molecule has 1 unspecified atom stereocenters. The number of unbranched alkanes of at least 4 members (excludes halogenated alkanes) is 2. The first-order valence-corrected chi connectivity index (χ1v) is 5.68. The predicted octanol–water partition coefficient (Wildman–Crippen LogP) is 2.65. The highest BCUT2D eigenvalue weighted by Gasteiger charge is 2.00. The van der Waals surface area contributed by atoms with E-state index in [2.05, 4.69) is 0 Å². The number of hydrogen-bond donors (Lipinski definition) is 1. The molecule has 1 rings (SSSR count). The Labute approximate surface area is 100 Å². The number of ether oxygens (including phenoxy) is 1. The van der Waals surface area contributed by atoms with Gasteiger partial charge < -0.3 is 9.84 Å². The third-order valence-corrected chi connectivity index (χ3v) is 2.34. The summed E-state index contributed by atoms with van der Waals surface area (Å²) in [7, 11) is 0. The van der Waals surface area contributed by atoms with Gasteiger partial charge in [-0.05, 0) is 37.8 Å². The number of nitriles is 1. The second-order valence-corrected chi connectivity index (χ2v) is 3.80. The van der Waals surface area contributed by atoms with Crippen LogP contribution >= 0.6 is 0 Å². The van der Waals surface area contributed by atoms with Crippen LogP contribution in [0.4, 0.5) is 4.39 Å². The number of aliphatic hydroxyl groups is 1. The molecular formula is C13H16FNO2. The lowest BCUT2D eigenvalue weighted by atomic mass is 10.1. The van der Waals surface area contributed by atoms with Gasteiger partial charge in [0.25, 0.3) is 0 Å². The summed E-state index contributed by atoms with van der Waals surface area (Å²) < 4.78 is 18.1. The Hall–Kier alpha value is -1.60. The van der Waals surface area contributed by atoms with Crippen molar-refractivity contribution in [3.8, 4) is 11.8 Å². The minimum absolute atomic E-state index is 0.306. The van der Waals surface area contributed by atoms with E-state index < -0.39 is 6.10 Å². The van der Waals surface area contributed by atoms with Crippen LogP contribution in [0.25, 0.3) is 0 Å². The number of rotatable bonds is 7. The number of hydrogen-bond acceptors (Lipinski definition) is 3. The van der Waals surface area contributed by atoms with Crippen molar-refractivity contribution in [2.45, 2.75) is 31.8 Å². The van der Waals surface area contributed by atoms with E-state index in [1.807, 2.05) is 0 Å². The molecule has 1 aromatic rings. The molecule has 1 atom stereocenters. The van der Waals surface area contributed by atoms with Crippen LogP contribution in [0.15, 0.2) is 24.3 Å². The minimum atomic E-state index is -0.862. The van der Waals surface area contributed by atoms with Gasteiger partial charge in [0.05, 0.1) is 12.7 Å². The second kappa shape index (κ2) is 7.64. The van der Waals surface area contributed by atoms with Crippen LogP contribution in [-0.4, -0.2) is 17.8 Å². The van der Waals surface area contributed by atoms with Crippen molar-refractivity contribution in [3.63, 3.8) is 0 Å². The number of benzene rings is 1. The summed E-state index contributed by atoms with van der Waals surface area (Å²) in [6.45, 7) is 0.520. The van der Waals surface area contributed by atoms with Crippen molar-refractivity contribution in [1.82, 2.24) is 0 Å². The van der Waals surface area contributed by atoms with Gasteiger partial charge in [-0.2, -0.15) is 5.26 Å².